The molecule has 5 heteroatoms. The molecule has 0 aromatic carbocycles. The number of nitrogens with two attached hydrogens (primary N) is 1. The van der Waals surface area contributed by atoms with E-state index in [1.54, 1.807) is 0 Å². The molecule has 0 radical (unpaired) electrons. The molecule has 1 aromatic rings. The van der Waals surface area contributed by atoms with Crippen molar-refractivity contribution in [1.29, 1.82) is 0 Å². The van der Waals surface area contributed by atoms with Gasteiger partial charge in [-0.3, -0.25) is 4.98 Å². The van der Waals surface area contributed by atoms with Gasteiger partial charge in [0.05, 0.1) is 0 Å². The predicted molar refractivity (Wildman–Crippen MR) is 77.4 cm³/mol. The lowest BCUT2D eigenvalue weighted by atomic mass is 10.0. The Hall–Kier alpha value is -0.100. The van der Waals surface area contributed by atoms with Gasteiger partial charge in [-0.15, -0.1) is 0 Å². The molecule has 1 aliphatic heterocycles. The Morgan fingerprint density at radius 2 is 2.47 bits per heavy atom. The molecule has 0 bridgehead atoms. The highest BCUT2D eigenvalue weighted by molar-refractivity contribution is 9.10. The molecule has 1 fully saturated rings. The molecule has 0 saturated carbocycles. The van der Waals surface area contributed by atoms with E-state index in [9.17, 15) is 0 Å². The predicted octanol–water partition coefficient (Wildman–Crippen LogP) is 1.76. The normalized spacial score (nSPS) is 23.6. The second-order valence-electron chi connectivity index (χ2n) is 4.46. The van der Waals surface area contributed by atoms with Crippen LogP contribution in [0.4, 0.5) is 0 Å². The van der Waals surface area contributed by atoms with Gasteiger partial charge >= 0.3 is 0 Å². The number of pyridine rings is 1. The average molecular weight is 316 g/mol. The second-order valence-corrected chi connectivity index (χ2v) is 6.52. The molecule has 2 rings (SSSR count). The van der Waals surface area contributed by atoms with Crippen molar-refractivity contribution < 1.29 is 0 Å². The minimum atomic E-state index is 0.168. The van der Waals surface area contributed by atoms with Gasteiger partial charge in [0.2, 0.25) is 0 Å². The monoisotopic (exact) mass is 315 g/mol. The van der Waals surface area contributed by atoms with Crippen LogP contribution in [0.5, 0.6) is 0 Å². The zero-order chi connectivity index (χ0) is 12.3. The van der Waals surface area contributed by atoms with Crippen LogP contribution in [0.3, 0.4) is 0 Å². The highest BCUT2D eigenvalue weighted by Gasteiger charge is 2.25. The number of halogens is 1. The van der Waals surface area contributed by atoms with Crippen molar-refractivity contribution in [2.75, 3.05) is 25.1 Å². The maximum Gasteiger partial charge on any atom is 0.0420 e. The van der Waals surface area contributed by atoms with Gasteiger partial charge in [-0.1, -0.05) is 0 Å². The molecule has 2 atom stereocenters. The lowest BCUT2D eigenvalue weighted by molar-refractivity contribution is 0.235. The molecule has 1 saturated heterocycles. The third-order valence-electron chi connectivity index (χ3n) is 3.17. The van der Waals surface area contributed by atoms with E-state index in [0.717, 1.165) is 28.9 Å². The molecule has 2 heterocycles. The van der Waals surface area contributed by atoms with Crippen LogP contribution >= 0.6 is 27.7 Å². The molecule has 0 amide bonds. The van der Waals surface area contributed by atoms with Gasteiger partial charge in [0.15, 0.2) is 0 Å². The summed E-state index contributed by atoms with van der Waals surface area (Å²) in [6.45, 7) is 1.14. The molecular formula is C12H18BrN3S. The summed E-state index contributed by atoms with van der Waals surface area (Å²) >= 11 is 5.39. The summed E-state index contributed by atoms with van der Waals surface area (Å²) in [6, 6.07) is 4.70. The maximum absolute atomic E-state index is 6.30. The van der Waals surface area contributed by atoms with Crippen LogP contribution in [0.25, 0.3) is 0 Å². The summed E-state index contributed by atoms with van der Waals surface area (Å²) in [5.74, 6) is 2.35. The molecular weight excluding hydrogens is 298 g/mol. The molecule has 1 aromatic heterocycles. The Morgan fingerprint density at radius 1 is 1.65 bits per heavy atom. The summed E-state index contributed by atoms with van der Waals surface area (Å²) in [5, 5.41) is 0. The van der Waals surface area contributed by atoms with Crippen LogP contribution in [0.15, 0.2) is 22.8 Å². The fourth-order valence-corrected chi connectivity index (χ4v) is 3.62. The largest absolute Gasteiger partial charge is 0.326 e. The van der Waals surface area contributed by atoms with Crippen LogP contribution in [-0.2, 0) is 6.42 Å². The van der Waals surface area contributed by atoms with E-state index in [0.29, 0.717) is 6.04 Å². The summed E-state index contributed by atoms with van der Waals surface area (Å²) < 4.78 is 1.01. The number of nitrogens with zero attached hydrogens (tertiary/aromatic N) is 2. The number of thioether (sulfide) groups is 1. The quantitative estimate of drug-likeness (QED) is 0.923. The summed E-state index contributed by atoms with van der Waals surface area (Å²) in [5.41, 5.74) is 7.38. The third-order valence-corrected chi connectivity index (χ3v) is 4.69. The molecule has 0 spiro atoms. The highest BCUT2D eigenvalue weighted by Crippen LogP contribution is 2.18. The van der Waals surface area contributed by atoms with Crippen molar-refractivity contribution in [3.8, 4) is 0 Å². The molecule has 94 valence electrons. The smallest absolute Gasteiger partial charge is 0.0420 e. The van der Waals surface area contributed by atoms with Gasteiger partial charge in [-0.2, -0.15) is 11.8 Å². The van der Waals surface area contributed by atoms with Crippen molar-refractivity contribution in [1.82, 2.24) is 9.88 Å². The first-order chi connectivity index (χ1) is 8.16. The summed E-state index contributed by atoms with van der Waals surface area (Å²) in [6.07, 6.45) is 2.68. The van der Waals surface area contributed by atoms with E-state index in [4.69, 9.17) is 5.73 Å². The Bertz CT molecular complexity index is 357. The number of aromatic nitrogens is 1. The highest BCUT2D eigenvalue weighted by atomic mass is 79.9. The third kappa shape index (κ3) is 3.68. The number of rotatable bonds is 3. The number of hydrogen-bond acceptors (Lipinski definition) is 4. The lowest BCUT2D eigenvalue weighted by Gasteiger charge is -2.36. The summed E-state index contributed by atoms with van der Waals surface area (Å²) in [7, 11) is 2.17. The SMILES string of the molecule is CN1CCSCC1C(N)Cc1ccc(Br)cn1. The Labute approximate surface area is 115 Å². The fourth-order valence-electron chi connectivity index (χ4n) is 2.06. The summed E-state index contributed by atoms with van der Waals surface area (Å²) in [4.78, 5) is 6.76. The minimum absolute atomic E-state index is 0.168. The first-order valence-corrected chi connectivity index (χ1v) is 7.75. The van der Waals surface area contributed by atoms with Gasteiger partial charge in [-0.25, -0.2) is 0 Å². The van der Waals surface area contributed by atoms with E-state index >= 15 is 0 Å². The van der Waals surface area contributed by atoms with E-state index in [1.807, 2.05) is 30.1 Å². The molecule has 2 N–H and O–H groups in total. The zero-order valence-corrected chi connectivity index (χ0v) is 12.4. The first kappa shape index (κ1) is 13.3. The second kappa shape index (κ2) is 6.18. The Balaban J connectivity index is 1.95. The zero-order valence-electron chi connectivity index (χ0n) is 9.97. The number of hydrogen-bond donors (Lipinski definition) is 1. The topological polar surface area (TPSA) is 42.1 Å². The van der Waals surface area contributed by atoms with Gasteiger partial charge < -0.3 is 10.6 Å². The van der Waals surface area contributed by atoms with Gasteiger partial charge in [0.1, 0.15) is 0 Å². The molecule has 0 aliphatic carbocycles. The molecule has 2 unspecified atom stereocenters. The van der Waals surface area contributed by atoms with Crippen molar-refractivity contribution in [2.45, 2.75) is 18.5 Å². The van der Waals surface area contributed by atoms with Crippen LogP contribution < -0.4 is 5.73 Å². The maximum atomic E-state index is 6.30. The van der Waals surface area contributed by atoms with E-state index in [-0.39, 0.29) is 6.04 Å². The molecule has 3 nitrogen and oxygen atoms in total. The molecule has 17 heavy (non-hydrogen) atoms. The Kier molecular flexibility index (Phi) is 4.85. The first-order valence-electron chi connectivity index (χ1n) is 5.81. The van der Waals surface area contributed by atoms with Crippen LogP contribution in [0.2, 0.25) is 0 Å². The Morgan fingerprint density at radius 3 is 3.12 bits per heavy atom. The van der Waals surface area contributed by atoms with E-state index < -0.39 is 0 Å². The van der Waals surface area contributed by atoms with Gasteiger partial charge in [0, 0.05) is 52.9 Å². The minimum Gasteiger partial charge on any atom is -0.326 e. The average Bonchev–Trinajstić information content (AvgIpc) is 2.32. The molecule has 1 aliphatic rings. The number of likely N-dealkylation sites (N-methyl/N-ethyl adjacent to an activating group) is 1. The van der Waals surface area contributed by atoms with Crippen molar-refractivity contribution in [3.63, 3.8) is 0 Å². The van der Waals surface area contributed by atoms with E-state index in [2.05, 4.69) is 32.9 Å². The van der Waals surface area contributed by atoms with E-state index in [1.165, 1.54) is 5.75 Å². The van der Waals surface area contributed by atoms with Crippen molar-refractivity contribution >= 4 is 27.7 Å². The van der Waals surface area contributed by atoms with Crippen LogP contribution in [0, 0.1) is 0 Å². The van der Waals surface area contributed by atoms with Crippen molar-refractivity contribution in [3.05, 3.63) is 28.5 Å². The fraction of sp³-hybridized carbons (Fsp3) is 0.583. The lowest BCUT2D eigenvalue weighted by Crippen LogP contribution is -2.51. The van der Waals surface area contributed by atoms with Crippen molar-refractivity contribution in [2.24, 2.45) is 5.73 Å². The van der Waals surface area contributed by atoms with Crippen LogP contribution in [0.1, 0.15) is 5.69 Å². The van der Waals surface area contributed by atoms with Crippen LogP contribution in [-0.4, -0.2) is 47.1 Å². The van der Waals surface area contributed by atoms with Gasteiger partial charge in [-0.05, 0) is 35.1 Å². The van der Waals surface area contributed by atoms with Gasteiger partial charge in [0.25, 0.3) is 0 Å². The standard InChI is InChI=1S/C12H18BrN3S/c1-16-4-5-17-8-12(16)11(14)6-10-3-2-9(13)7-15-10/h2-3,7,11-12H,4-6,8,14H2,1H3.